The predicted octanol–water partition coefficient (Wildman–Crippen LogP) is 22.4. The molecule has 1 amide bonds. The van der Waals surface area contributed by atoms with E-state index in [1.54, 1.807) is 78.2 Å². The Hall–Kier alpha value is -10.5. The molecule has 8 saturated heterocycles. The second-order valence-corrected chi connectivity index (χ2v) is 42.3. The summed E-state index contributed by atoms with van der Waals surface area (Å²) in [7, 11) is 0. The molecule has 4 N–H and O–H groups in total. The van der Waals surface area contributed by atoms with Crippen molar-refractivity contribution in [1.29, 1.82) is 0 Å². The second-order valence-electron chi connectivity index (χ2n) is 36.5. The van der Waals surface area contributed by atoms with Crippen LogP contribution in [-0.4, -0.2) is 186 Å². The van der Waals surface area contributed by atoms with Gasteiger partial charge in [0.25, 0.3) is 5.91 Å². The molecule has 8 aliphatic heterocycles. The average Bonchev–Trinajstić information content (AvgIpc) is 1.64. The van der Waals surface area contributed by atoms with Gasteiger partial charge in [-0.25, -0.2) is 59.1 Å². The number of nitrogens with two attached hydrogens (primary N) is 1. The monoisotopic (exact) mass is 2000 g/mol. The van der Waals surface area contributed by atoms with Crippen LogP contribution in [-0.2, 0) is 18.9 Å². The first-order valence-corrected chi connectivity index (χ1v) is 50.8. The van der Waals surface area contributed by atoms with Crippen LogP contribution in [0.1, 0.15) is 119 Å². The summed E-state index contributed by atoms with van der Waals surface area (Å²) >= 11 is 32.5. The number of carboxylic acid groups (broad SMARTS) is 1. The fourth-order valence-corrected chi connectivity index (χ4v) is 24.0. The molecule has 0 saturated carbocycles. The maximum atomic E-state index is 12.8. The van der Waals surface area contributed by atoms with Gasteiger partial charge in [0.1, 0.15) is 55.4 Å². The topological polar surface area (TPSA) is 319 Å². The molecular formula is C101H105Cl4N19O9S4. The molecule has 0 unspecified atom stereocenters. The molecule has 4 spiro atoms. The number of furan rings is 1. The Labute approximate surface area is 832 Å². The molecule has 36 heteroatoms. The summed E-state index contributed by atoms with van der Waals surface area (Å²) in [5.41, 5.74) is 12.7. The fraction of sp³-hybridized carbons (Fsp3) is 0.386. The Morgan fingerprint density at radius 1 is 0.482 bits per heavy atom. The molecule has 0 bridgehead atoms. The van der Waals surface area contributed by atoms with E-state index >= 15 is 0 Å². The number of carbonyl (C=O) groups excluding carboxylic acids is 1. The van der Waals surface area contributed by atoms with Crippen LogP contribution in [0.2, 0.25) is 20.1 Å². The van der Waals surface area contributed by atoms with Crippen LogP contribution in [0, 0.1) is 52.9 Å². The van der Waals surface area contributed by atoms with E-state index < -0.39 is 11.9 Å². The molecular weight excluding hydrogens is 1890 g/mol. The van der Waals surface area contributed by atoms with E-state index in [0.717, 1.165) is 223 Å². The number of piperidine rings is 4. The van der Waals surface area contributed by atoms with E-state index in [1.807, 2.05) is 118 Å². The largest absolute Gasteiger partial charge is 0.480 e. The van der Waals surface area contributed by atoms with E-state index in [0.29, 0.717) is 93.6 Å². The number of rotatable bonds is 18. The first-order valence-electron chi connectivity index (χ1n) is 46.0. The highest BCUT2D eigenvalue weighted by Gasteiger charge is 2.51. The second kappa shape index (κ2) is 42.3. The molecule has 8 aliphatic rings. The highest BCUT2D eigenvalue weighted by atomic mass is 35.5. The summed E-state index contributed by atoms with van der Waals surface area (Å²) in [5.74, 6) is 5.04. The number of fused-ring (bicyclic) bond motifs is 1. The quantitative estimate of drug-likeness (QED) is 0.0672. The molecule has 13 aromatic rings. The van der Waals surface area contributed by atoms with Crippen LogP contribution < -0.4 is 30.7 Å². The van der Waals surface area contributed by atoms with Gasteiger partial charge < -0.3 is 63.5 Å². The first kappa shape index (κ1) is 96.8. The molecule has 0 aliphatic carbocycles. The SMILES string of the molecule is C[C@@H]1COCC12CCN(c1cnc(Sc3cccc(-c4cnn5cccnc45)c3Cl)cn1)CC2.C[C@@H]1OCC2(CCN(c3cnc(Sc4cccc(NC(=O)c5ccccc5C(=O)O)c4Cl)cn3)CC2)[C@@H]1N.Cc1coc(-c2cccc(Sc3cnc(N4CCC5(CC4)CO[C@@H](C)[C@H]5C)cn3)c2Cl)n1.[C-]#[N+]c1ccc(-c2cccc(Sc3cnc(N4CCC5(CC4)CO[C@@H](C)[C@H]5C)cn3)c2Cl)o1. The Morgan fingerprint density at radius 2 is 0.927 bits per heavy atom. The first-order chi connectivity index (χ1) is 66.3. The molecule has 710 valence electrons. The molecule has 28 nitrogen and oxygen atoms in total. The number of aromatic carboxylic acids is 1. The number of halogens is 4. The van der Waals surface area contributed by atoms with E-state index in [9.17, 15) is 14.7 Å². The van der Waals surface area contributed by atoms with E-state index in [4.69, 9.17) is 96.5 Å². The lowest BCUT2D eigenvalue weighted by Gasteiger charge is -2.41. The highest BCUT2D eigenvalue weighted by molar-refractivity contribution is 8.00. The minimum Gasteiger partial charge on any atom is -0.480 e. The number of aryl methyl sites for hydroxylation is 1. The number of carbonyl (C=O) groups is 2. The molecule has 0 radical (unpaired) electrons. The van der Waals surface area contributed by atoms with Crippen LogP contribution in [0.5, 0.6) is 0 Å². The van der Waals surface area contributed by atoms with E-state index in [1.165, 1.54) is 59.2 Å². The van der Waals surface area contributed by atoms with Gasteiger partial charge in [-0.2, -0.15) is 9.94 Å². The van der Waals surface area contributed by atoms with Gasteiger partial charge in [-0.1, -0.05) is 157 Å². The number of nitrogens with zero attached hydrogens (tertiary/aromatic N) is 17. The molecule has 16 heterocycles. The summed E-state index contributed by atoms with van der Waals surface area (Å²) in [5, 5.41) is 21.7. The smallest absolute Gasteiger partial charge is 0.346 e. The van der Waals surface area contributed by atoms with Crippen LogP contribution in [0.3, 0.4) is 0 Å². The van der Waals surface area contributed by atoms with Crippen LogP contribution in [0.25, 0.3) is 44.4 Å². The third-order valence-electron chi connectivity index (χ3n) is 28.8. The number of oxazole rings is 1. The lowest BCUT2D eigenvalue weighted by molar-refractivity contribution is 0.0692. The number of hydrogen-bond acceptors (Lipinski definition) is 28. The minimum absolute atomic E-state index is 0.0476. The standard InChI is InChI=1S/C27H28ClN5O4S.C25H25ClN6OS.C25H25ClN4O2S.C24H27ClN4O2S/c1-16-24(29)27(15-37-16)9-11-33(12-10-27)21-13-31-22(14-30-21)38-20-8-4-7-19(23(20)28)32-25(34)17-5-2-3-6-18(17)26(35)36;1-17-15-33-16-25(17)6-10-31(11-7-25)21-13-29-22(14-28-21)34-20-5-2-4-18(23(20)26)19-12-30-32-9-3-8-27-24(19)32;1-16-17(2)31-15-25(16)9-11-30(12-10-25)21-13-29-23(14-28-21)33-20-6-4-5-18(24(20)26)19-7-8-22(27-3)32-19;1-15-13-30-23(28-15)18-5-4-6-19(22(18)25)32-21-12-26-20(11-27-21)29-9-7-24(8-10-29)14-31-17(3)16(24)2/h2-8,13-14,16,24H,9-12,15,29H2,1H3,(H,32,34)(H,35,36);2-5,8-9,12-14,17H,6-7,10-11,15-16H2,1H3;4-8,13-14,16-17H,9-12,15H2,1-2H3;4-6,11-13,16-17H,7-10,14H2,1-3H3/t16-,24+;17-;2*16-,17+/m0111/s1. The van der Waals surface area contributed by atoms with Gasteiger partial charge in [-0.15, -0.1) is 0 Å². The Morgan fingerprint density at radius 3 is 1.36 bits per heavy atom. The normalized spacial score (nSPS) is 21.1. The molecule has 5 aromatic carbocycles. The van der Waals surface area contributed by atoms with Gasteiger partial charge in [-0.05, 0) is 170 Å². The number of anilines is 5. The van der Waals surface area contributed by atoms with Crippen molar-refractivity contribution in [1.82, 2.24) is 59.5 Å². The third kappa shape index (κ3) is 21.1. The number of aromatic nitrogens is 12. The van der Waals surface area contributed by atoms with Crippen LogP contribution >= 0.6 is 93.5 Å². The maximum Gasteiger partial charge on any atom is 0.346 e. The average molecular weight is 2000 g/mol. The van der Waals surface area contributed by atoms with Crippen molar-refractivity contribution >= 4 is 146 Å². The predicted molar refractivity (Wildman–Crippen MR) is 536 cm³/mol. The maximum absolute atomic E-state index is 12.8. The van der Waals surface area contributed by atoms with Crippen molar-refractivity contribution in [2.24, 2.45) is 45.1 Å². The molecule has 7 atom stereocenters. The summed E-state index contributed by atoms with van der Waals surface area (Å²) in [6.07, 6.45) is 31.1. The highest BCUT2D eigenvalue weighted by Crippen LogP contribution is 2.52. The number of nitrogens with one attached hydrogen (secondary N) is 1. The van der Waals surface area contributed by atoms with Crippen molar-refractivity contribution in [3.8, 4) is 33.9 Å². The van der Waals surface area contributed by atoms with Crippen molar-refractivity contribution in [2.45, 2.75) is 164 Å². The summed E-state index contributed by atoms with van der Waals surface area (Å²) in [6.45, 7) is 34.3. The number of carboxylic acids is 1. The summed E-state index contributed by atoms with van der Waals surface area (Å²) in [4.78, 5) is 86.3. The fourth-order valence-electron chi connectivity index (χ4n) is 19.6. The number of amides is 1. The van der Waals surface area contributed by atoms with Crippen molar-refractivity contribution in [3.63, 3.8) is 0 Å². The Kier molecular flexibility index (Phi) is 29.9. The number of benzene rings is 5. The Balaban J connectivity index is 0.000000122. The van der Waals surface area contributed by atoms with Crippen LogP contribution in [0.15, 0.2) is 238 Å². The van der Waals surface area contributed by atoms with Crippen molar-refractivity contribution < 1.29 is 42.5 Å². The molecule has 137 heavy (non-hydrogen) atoms. The lowest BCUT2D eigenvalue weighted by Crippen LogP contribution is -2.50. The van der Waals surface area contributed by atoms with Gasteiger partial charge >= 0.3 is 11.9 Å². The van der Waals surface area contributed by atoms with Gasteiger partial charge in [0.15, 0.2) is 5.65 Å². The van der Waals surface area contributed by atoms with Gasteiger partial charge in [0, 0.05) is 135 Å². The zero-order valence-electron chi connectivity index (χ0n) is 76.8. The van der Waals surface area contributed by atoms with Crippen molar-refractivity contribution in [2.75, 3.05) is 110 Å². The van der Waals surface area contributed by atoms with Gasteiger partial charge in [0.05, 0.1) is 155 Å². The Bertz CT molecular complexity index is 6490. The minimum atomic E-state index is -1.18. The number of hydrogen-bond donors (Lipinski definition) is 3. The van der Waals surface area contributed by atoms with Crippen molar-refractivity contribution in [3.05, 3.63) is 238 Å². The summed E-state index contributed by atoms with van der Waals surface area (Å²) < 4.78 is 36.3. The van der Waals surface area contributed by atoms with E-state index in [2.05, 4.69) is 109 Å². The molecule has 21 rings (SSSR count). The van der Waals surface area contributed by atoms with E-state index in [-0.39, 0.29) is 34.6 Å². The molecule has 8 aromatic heterocycles. The third-order valence-corrected chi connectivity index (χ3v) is 34.8. The number of ether oxygens (including phenoxy) is 4. The van der Waals surface area contributed by atoms with Crippen LogP contribution in [0.4, 0.5) is 34.8 Å². The molecule has 8 fully saturated rings. The zero-order chi connectivity index (χ0) is 95.3. The lowest BCUT2D eigenvalue weighted by atomic mass is 9.70. The summed E-state index contributed by atoms with van der Waals surface area (Å²) in [6, 6.07) is 34.1. The van der Waals surface area contributed by atoms with Gasteiger partial charge in [-0.3, -0.25) is 4.79 Å². The zero-order valence-corrected chi connectivity index (χ0v) is 83.1. The van der Waals surface area contributed by atoms with Gasteiger partial charge in [0.2, 0.25) is 5.89 Å².